The number of rotatable bonds is 8. The highest BCUT2D eigenvalue weighted by Gasteiger charge is 2.38. The Bertz CT molecular complexity index is 209. The van der Waals surface area contributed by atoms with Gasteiger partial charge in [-0.2, -0.15) is 11.8 Å². The van der Waals surface area contributed by atoms with Gasteiger partial charge in [0.2, 0.25) is 0 Å². The Balaban J connectivity index is 4.71. The van der Waals surface area contributed by atoms with Gasteiger partial charge in [-0.1, -0.05) is 13.8 Å². The number of hydrogen-bond acceptors (Lipinski definition) is 4. The summed E-state index contributed by atoms with van der Waals surface area (Å²) in [4.78, 5) is 12.0. The molecule has 16 heavy (non-hydrogen) atoms. The summed E-state index contributed by atoms with van der Waals surface area (Å²) in [5.74, 6) is 1.28. The Labute approximate surface area is 103 Å². The lowest BCUT2D eigenvalue weighted by Crippen LogP contribution is -2.41. The van der Waals surface area contributed by atoms with Crippen LogP contribution in [0.2, 0.25) is 0 Å². The van der Waals surface area contributed by atoms with Crippen molar-refractivity contribution < 1.29 is 9.53 Å². The summed E-state index contributed by atoms with van der Waals surface area (Å²) in [6, 6.07) is 0. The average molecular weight is 247 g/mol. The van der Waals surface area contributed by atoms with E-state index in [9.17, 15) is 4.79 Å². The van der Waals surface area contributed by atoms with Gasteiger partial charge in [-0.15, -0.1) is 0 Å². The van der Waals surface area contributed by atoms with Crippen LogP contribution in [0.4, 0.5) is 0 Å². The third kappa shape index (κ3) is 4.74. The Morgan fingerprint density at radius 2 is 2.12 bits per heavy atom. The minimum atomic E-state index is -0.479. The van der Waals surface area contributed by atoms with E-state index in [1.165, 1.54) is 0 Å². The van der Waals surface area contributed by atoms with Gasteiger partial charge in [-0.05, 0) is 37.7 Å². The number of carbonyl (C=O) groups excluding carboxylic acids is 1. The van der Waals surface area contributed by atoms with Gasteiger partial charge in [-0.3, -0.25) is 4.79 Å². The molecule has 2 N–H and O–H groups in total. The van der Waals surface area contributed by atoms with Gasteiger partial charge in [0.05, 0.1) is 12.0 Å². The second kappa shape index (κ2) is 7.96. The molecule has 3 nitrogen and oxygen atoms in total. The summed E-state index contributed by atoms with van der Waals surface area (Å²) < 4.78 is 5.17. The van der Waals surface area contributed by atoms with Crippen LogP contribution in [-0.4, -0.2) is 31.1 Å². The predicted molar refractivity (Wildman–Crippen MR) is 70.6 cm³/mol. The monoisotopic (exact) mass is 247 g/mol. The molecule has 0 bridgehead atoms. The van der Waals surface area contributed by atoms with E-state index in [2.05, 4.69) is 13.8 Å². The lowest BCUT2D eigenvalue weighted by molar-refractivity contribution is -0.156. The minimum absolute atomic E-state index is 0.125. The molecule has 1 unspecified atom stereocenters. The van der Waals surface area contributed by atoms with Crippen LogP contribution in [0.25, 0.3) is 0 Å². The molecule has 0 rings (SSSR count). The van der Waals surface area contributed by atoms with Crippen molar-refractivity contribution in [3.05, 3.63) is 0 Å². The SMILES string of the molecule is CCOC(=O)C(CN)(CCSC)CC(C)C. The average Bonchev–Trinajstić information content (AvgIpc) is 2.24. The van der Waals surface area contributed by atoms with Crippen LogP contribution in [0.3, 0.4) is 0 Å². The molecule has 0 saturated carbocycles. The van der Waals surface area contributed by atoms with Crippen molar-refractivity contribution in [1.29, 1.82) is 0 Å². The van der Waals surface area contributed by atoms with E-state index in [0.29, 0.717) is 19.1 Å². The molecular formula is C12H25NO2S. The molecule has 0 radical (unpaired) electrons. The van der Waals surface area contributed by atoms with Gasteiger partial charge < -0.3 is 10.5 Å². The molecule has 0 aliphatic carbocycles. The quantitative estimate of drug-likeness (QED) is 0.669. The van der Waals surface area contributed by atoms with E-state index in [4.69, 9.17) is 10.5 Å². The van der Waals surface area contributed by atoms with E-state index in [1.807, 2.05) is 13.2 Å². The second-order valence-electron chi connectivity index (χ2n) is 4.55. The summed E-state index contributed by atoms with van der Waals surface area (Å²) >= 11 is 1.74. The molecule has 0 aromatic rings. The topological polar surface area (TPSA) is 52.3 Å². The predicted octanol–water partition coefficient (Wildman–Crippen LogP) is 2.29. The van der Waals surface area contributed by atoms with Crippen molar-refractivity contribution in [1.82, 2.24) is 0 Å². The van der Waals surface area contributed by atoms with E-state index in [1.54, 1.807) is 11.8 Å². The van der Waals surface area contributed by atoms with Crippen molar-refractivity contribution in [2.75, 3.05) is 25.2 Å². The number of esters is 1. The number of thioether (sulfide) groups is 1. The number of hydrogen-bond donors (Lipinski definition) is 1. The van der Waals surface area contributed by atoms with Crippen LogP contribution in [0.1, 0.15) is 33.6 Å². The van der Waals surface area contributed by atoms with E-state index in [0.717, 1.165) is 18.6 Å². The fourth-order valence-corrected chi connectivity index (χ4v) is 2.51. The molecule has 0 aliphatic rings. The summed E-state index contributed by atoms with van der Waals surface area (Å²) in [6.45, 7) is 6.87. The summed E-state index contributed by atoms with van der Waals surface area (Å²) in [5.41, 5.74) is 5.34. The molecule has 0 aliphatic heterocycles. The van der Waals surface area contributed by atoms with Gasteiger partial charge in [0.25, 0.3) is 0 Å². The Kier molecular flexibility index (Phi) is 7.85. The minimum Gasteiger partial charge on any atom is -0.466 e. The first-order valence-electron chi connectivity index (χ1n) is 5.88. The van der Waals surface area contributed by atoms with Crippen LogP contribution < -0.4 is 5.73 Å². The molecule has 0 heterocycles. The highest BCUT2D eigenvalue weighted by molar-refractivity contribution is 7.98. The molecule has 96 valence electrons. The first kappa shape index (κ1) is 15.8. The molecular weight excluding hydrogens is 222 g/mol. The van der Waals surface area contributed by atoms with E-state index < -0.39 is 5.41 Å². The van der Waals surface area contributed by atoms with Crippen molar-refractivity contribution >= 4 is 17.7 Å². The van der Waals surface area contributed by atoms with Crippen molar-refractivity contribution in [3.8, 4) is 0 Å². The highest BCUT2D eigenvalue weighted by atomic mass is 32.2. The molecule has 0 amide bonds. The van der Waals surface area contributed by atoms with E-state index in [-0.39, 0.29) is 5.97 Å². The first-order valence-corrected chi connectivity index (χ1v) is 7.28. The van der Waals surface area contributed by atoms with Crippen LogP contribution >= 0.6 is 11.8 Å². The Morgan fingerprint density at radius 1 is 1.50 bits per heavy atom. The van der Waals surface area contributed by atoms with Crippen molar-refractivity contribution in [2.45, 2.75) is 33.6 Å². The third-order valence-electron chi connectivity index (χ3n) is 2.68. The van der Waals surface area contributed by atoms with Crippen LogP contribution in [0, 0.1) is 11.3 Å². The fraction of sp³-hybridized carbons (Fsp3) is 0.917. The number of carbonyl (C=O) groups is 1. The molecule has 4 heteroatoms. The Morgan fingerprint density at radius 3 is 2.50 bits per heavy atom. The zero-order chi connectivity index (χ0) is 12.6. The van der Waals surface area contributed by atoms with E-state index >= 15 is 0 Å². The molecule has 1 atom stereocenters. The first-order chi connectivity index (χ1) is 7.52. The van der Waals surface area contributed by atoms with Crippen LogP contribution in [0.5, 0.6) is 0 Å². The maximum atomic E-state index is 12.0. The second-order valence-corrected chi connectivity index (χ2v) is 5.53. The summed E-state index contributed by atoms with van der Waals surface area (Å²) in [5, 5.41) is 0. The Hall–Kier alpha value is -0.220. The lowest BCUT2D eigenvalue weighted by atomic mass is 9.78. The standard InChI is InChI=1S/C12H25NO2S/c1-5-15-11(14)12(9-13,6-7-16-4)8-10(2)3/h10H,5-9,13H2,1-4H3. The lowest BCUT2D eigenvalue weighted by Gasteiger charge is -2.31. The molecule has 0 aromatic heterocycles. The smallest absolute Gasteiger partial charge is 0.313 e. The fourth-order valence-electron chi connectivity index (χ4n) is 1.92. The highest BCUT2D eigenvalue weighted by Crippen LogP contribution is 2.32. The van der Waals surface area contributed by atoms with Gasteiger partial charge in [0.1, 0.15) is 0 Å². The van der Waals surface area contributed by atoms with Crippen molar-refractivity contribution in [3.63, 3.8) is 0 Å². The molecule has 0 fully saturated rings. The van der Waals surface area contributed by atoms with Crippen LogP contribution in [0.15, 0.2) is 0 Å². The van der Waals surface area contributed by atoms with Gasteiger partial charge in [0.15, 0.2) is 0 Å². The van der Waals surface area contributed by atoms with Crippen molar-refractivity contribution in [2.24, 2.45) is 17.1 Å². The third-order valence-corrected chi connectivity index (χ3v) is 3.30. The van der Waals surface area contributed by atoms with Crippen LogP contribution in [-0.2, 0) is 9.53 Å². The summed E-state index contributed by atoms with van der Waals surface area (Å²) in [7, 11) is 0. The zero-order valence-electron chi connectivity index (χ0n) is 10.9. The largest absolute Gasteiger partial charge is 0.466 e. The normalized spacial score (nSPS) is 14.9. The van der Waals surface area contributed by atoms with Gasteiger partial charge >= 0.3 is 5.97 Å². The maximum absolute atomic E-state index is 12.0. The van der Waals surface area contributed by atoms with Gasteiger partial charge in [0, 0.05) is 6.54 Å². The molecule has 0 saturated heterocycles. The summed E-state index contributed by atoms with van der Waals surface area (Å²) in [6.07, 6.45) is 3.66. The zero-order valence-corrected chi connectivity index (χ0v) is 11.7. The van der Waals surface area contributed by atoms with Gasteiger partial charge in [-0.25, -0.2) is 0 Å². The maximum Gasteiger partial charge on any atom is 0.313 e. The number of ether oxygens (including phenoxy) is 1. The molecule has 0 spiro atoms. The number of nitrogens with two attached hydrogens (primary N) is 1. The molecule has 0 aromatic carbocycles.